The summed E-state index contributed by atoms with van der Waals surface area (Å²) in [6.07, 6.45) is 2.71. The summed E-state index contributed by atoms with van der Waals surface area (Å²) in [5.74, 6) is 1.65. The minimum Gasteiger partial charge on any atom is -0.497 e. The third-order valence-corrected chi connectivity index (χ3v) is 4.08. The fraction of sp³-hybridized carbons (Fsp3) is 0.412. The molecule has 2 N–H and O–H groups in total. The maximum atomic E-state index is 5.17. The van der Waals surface area contributed by atoms with Crippen LogP contribution in [0.25, 0.3) is 0 Å². The molecule has 0 spiro atoms. The Labute approximate surface area is 170 Å². The van der Waals surface area contributed by atoms with Crippen LogP contribution in [0.5, 0.6) is 5.75 Å². The second-order valence-electron chi connectivity index (χ2n) is 5.04. The lowest BCUT2D eigenvalue weighted by Gasteiger charge is -2.12. The summed E-state index contributed by atoms with van der Waals surface area (Å²) in [7, 11) is 3.36. The van der Waals surface area contributed by atoms with Crippen molar-refractivity contribution in [3.8, 4) is 5.75 Å². The van der Waals surface area contributed by atoms with Crippen LogP contribution < -0.4 is 15.4 Å². The number of ether oxygens (including phenoxy) is 2. The topological polar surface area (TPSA) is 67.8 Å². The maximum absolute atomic E-state index is 5.17. The van der Waals surface area contributed by atoms with Crippen molar-refractivity contribution in [3.63, 3.8) is 0 Å². The van der Waals surface area contributed by atoms with E-state index < -0.39 is 0 Å². The van der Waals surface area contributed by atoms with Gasteiger partial charge in [-0.1, -0.05) is 12.1 Å². The summed E-state index contributed by atoms with van der Waals surface area (Å²) in [6, 6.07) is 8.10. The largest absolute Gasteiger partial charge is 0.497 e. The van der Waals surface area contributed by atoms with E-state index in [2.05, 4.69) is 32.7 Å². The summed E-state index contributed by atoms with van der Waals surface area (Å²) in [5.41, 5.74) is 1.25. The van der Waals surface area contributed by atoms with Gasteiger partial charge < -0.3 is 20.1 Å². The minimum atomic E-state index is 0. The molecule has 0 aliphatic heterocycles. The average Bonchev–Trinajstić information content (AvgIpc) is 3.13. The standard InChI is InChI=1S/C17H24N4O2S.HI/c1-22-11-9-20-17(21-13-16-18-10-12-24-16)19-8-7-14-3-5-15(23-2)6-4-14;/h3-6,10,12H,7-9,11,13H2,1-2H3,(H2,19,20,21);1H. The van der Waals surface area contributed by atoms with Gasteiger partial charge in [-0.15, -0.1) is 35.3 Å². The zero-order valence-corrected chi connectivity index (χ0v) is 17.7. The zero-order valence-electron chi connectivity index (χ0n) is 14.5. The van der Waals surface area contributed by atoms with Gasteiger partial charge in [0.1, 0.15) is 10.8 Å². The van der Waals surface area contributed by atoms with E-state index in [0.29, 0.717) is 19.7 Å². The number of hydrogen-bond donors (Lipinski definition) is 2. The fourth-order valence-electron chi connectivity index (χ4n) is 2.04. The first-order valence-corrected chi connectivity index (χ1v) is 8.72. The molecule has 0 bridgehead atoms. The normalized spacial score (nSPS) is 10.9. The Morgan fingerprint density at radius 1 is 1.16 bits per heavy atom. The number of methoxy groups -OCH3 is 2. The molecule has 25 heavy (non-hydrogen) atoms. The number of halogens is 1. The summed E-state index contributed by atoms with van der Waals surface area (Å²) in [5, 5.41) is 9.56. The first-order chi connectivity index (χ1) is 11.8. The lowest BCUT2D eigenvalue weighted by atomic mass is 10.1. The summed E-state index contributed by atoms with van der Waals surface area (Å²) in [6.45, 7) is 2.71. The number of nitrogens with zero attached hydrogens (tertiary/aromatic N) is 2. The van der Waals surface area contributed by atoms with Gasteiger partial charge in [0.05, 0.1) is 20.3 Å². The minimum absolute atomic E-state index is 0. The van der Waals surface area contributed by atoms with Crippen molar-refractivity contribution >= 4 is 41.3 Å². The second kappa shape index (κ2) is 12.9. The van der Waals surface area contributed by atoms with Crippen LogP contribution in [0.1, 0.15) is 10.6 Å². The molecule has 1 heterocycles. The third kappa shape index (κ3) is 8.50. The first-order valence-electron chi connectivity index (χ1n) is 7.84. The Bertz CT molecular complexity index is 606. The van der Waals surface area contributed by atoms with Crippen LogP contribution in [-0.2, 0) is 17.7 Å². The quantitative estimate of drug-likeness (QED) is 0.252. The molecule has 6 nitrogen and oxygen atoms in total. The molecule has 2 rings (SSSR count). The molecule has 0 aliphatic rings. The van der Waals surface area contributed by atoms with Gasteiger partial charge in [-0.05, 0) is 24.1 Å². The van der Waals surface area contributed by atoms with Gasteiger partial charge >= 0.3 is 0 Å². The van der Waals surface area contributed by atoms with Crippen LogP contribution in [0, 0.1) is 0 Å². The van der Waals surface area contributed by atoms with E-state index in [1.807, 2.05) is 17.5 Å². The molecule has 2 aromatic rings. The summed E-state index contributed by atoms with van der Waals surface area (Å²) >= 11 is 1.61. The van der Waals surface area contributed by atoms with Crippen molar-refractivity contribution in [2.24, 2.45) is 4.99 Å². The van der Waals surface area contributed by atoms with Gasteiger partial charge in [0, 0.05) is 31.8 Å². The van der Waals surface area contributed by atoms with E-state index in [1.165, 1.54) is 5.56 Å². The number of thiazole rings is 1. The molecule has 0 atom stereocenters. The highest BCUT2D eigenvalue weighted by molar-refractivity contribution is 14.0. The molecule has 0 fully saturated rings. The Morgan fingerprint density at radius 2 is 1.92 bits per heavy atom. The Kier molecular flexibility index (Phi) is 11.2. The van der Waals surface area contributed by atoms with Gasteiger partial charge in [0.2, 0.25) is 0 Å². The zero-order chi connectivity index (χ0) is 17.0. The second-order valence-corrected chi connectivity index (χ2v) is 6.01. The number of aromatic nitrogens is 1. The lowest BCUT2D eigenvalue weighted by Crippen LogP contribution is -2.40. The van der Waals surface area contributed by atoms with Gasteiger partial charge in [0.25, 0.3) is 0 Å². The van der Waals surface area contributed by atoms with Crippen LogP contribution in [-0.4, -0.2) is 44.9 Å². The molecule has 0 amide bonds. The van der Waals surface area contributed by atoms with Crippen LogP contribution in [0.4, 0.5) is 0 Å². The monoisotopic (exact) mass is 476 g/mol. The van der Waals surface area contributed by atoms with Crippen molar-refractivity contribution in [2.75, 3.05) is 33.9 Å². The molecular formula is C17H25IN4O2S. The number of aliphatic imine (C=N–C) groups is 1. The van der Waals surface area contributed by atoms with Crippen LogP contribution in [0.3, 0.4) is 0 Å². The highest BCUT2D eigenvalue weighted by Gasteiger charge is 2.01. The number of rotatable bonds is 9. The number of hydrogen-bond acceptors (Lipinski definition) is 5. The maximum Gasteiger partial charge on any atom is 0.191 e. The molecule has 1 aromatic carbocycles. The van der Waals surface area contributed by atoms with Crippen LogP contribution >= 0.6 is 35.3 Å². The van der Waals surface area contributed by atoms with E-state index in [1.54, 1.807) is 31.8 Å². The third-order valence-electron chi connectivity index (χ3n) is 3.32. The van der Waals surface area contributed by atoms with Crippen molar-refractivity contribution in [1.29, 1.82) is 0 Å². The molecule has 8 heteroatoms. The van der Waals surface area contributed by atoms with Crippen molar-refractivity contribution in [3.05, 3.63) is 46.4 Å². The van der Waals surface area contributed by atoms with E-state index in [9.17, 15) is 0 Å². The van der Waals surface area contributed by atoms with E-state index in [0.717, 1.165) is 29.7 Å². The Morgan fingerprint density at radius 3 is 2.56 bits per heavy atom. The number of guanidine groups is 1. The van der Waals surface area contributed by atoms with Crippen LogP contribution in [0.2, 0.25) is 0 Å². The van der Waals surface area contributed by atoms with Gasteiger partial charge in [-0.2, -0.15) is 0 Å². The van der Waals surface area contributed by atoms with Crippen molar-refractivity contribution in [1.82, 2.24) is 15.6 Å². The molecular weight excluding hydrogens is 451 g/mol. The molecule has 138 valence electrons. The van der Waals surface area contributed by atoms with Crippen molar-refractivity contribution in [2.45, 2.75) is 13.0 Å². The fourth-order valence-corrected chi connectivity index (χ4v) is 2.58. The predicted octanol–water partition coefficient (Wildman–Crippen LogP) is 2.69. The van der Waals surface area contributed by atoms with Gasteiger partial charge in [-0.3, -0.25) is 0 Å². The van der Waals surface area contributed by atoms with Gasteiger partial charge in [-0.25, -0.2) is 9.98 Å². The Hall–Kier alpha value is -1.39. The van der Waals surface area contributed by atoms with Crippen LogP contribution in [0.15, 0.2) is 40.8 Å². The number of nitrogens with one attached hydrogen (secondary N) is 2. The molecule has 0 saturated carbocycles. The first kappa shape index (κ1) is 21.7. The average molecular weight is 476 g/mol. The number of benzene rings is 1. The van der Waals surface area contributed by atoms with E-state index >= 15 is 0 Å². The molecule has 0 saturated heterocycles. The molecule has 0 unspecified atom stereocenters. The molecule has 0 aliphatic carbocycles. The predicted molar refractivity (Wildman–Crippen MR) is 113 cm³/mol. The summed E-state index contributed by atoms with van der Waals surface area (Å²) < 4.78 is 10.2. The molecule has 1 aromatic heterocycles. The summed E-state index contributed by atoms with van der Waals surface area (Å²) in [4.78, 5) is 8.81. The van der Waals surface area contributed by atoms with Gasteiger partial charge in [0.15, 0.2) is 5.96 Å². The Balaban J connectivity index is 0.00000312. The highest BCUT2D eigenvalue weighted by atomic mass is 127. The highest BCUT2D eigenvalue weighted by Crippen LogP contribution is 2.11. The van der Waals surface area contributed by atoms with Crippen molar-refractivity contribution < 1.29 is 9.47 Å². The SMILES string of the molecule is COCCNC(=NCc1nccs1)NCCc1ccc(OC)cc1.I. The van der Waals surface area contributed by atoms with E-state index in [4.69, 9.17) is 9.47 Å². The lowest BCUT2D eigenvalue weighted by molar-refractivity contribution is 0.203. The molecule has 0 radical (unpaired) electrons. The smallest absolute Gasteiger partial charge is 0.191 e. The van der Waals surface area contributed by atoms with E-state index in [-0.39, 0.29) is 24.0 Å².